The molecule has 0 saturated carbocycles. The fourth-order valence-corrected chi connectivity index (χ4v) is 1.53. The lowest BCUT2D eigenvalue weighted by Crippen LogP contribution is -2.10. The maximum Gasteiger partial charge on any atom is 0.338 e. The molecule has 0 aliphatic heterocycles. The van der Waals surface area contributed by atoms with E-state index in [4.69, 9.17) is 14.2 Å². The van der Waals surface area contributed by atoms with E-state index in [-0.39, 0.29) is 12.3 Å². The molecule has 0 aromatic heterocycles. The van der Waals surface area contributed by atoms with E-state index in [2.05, 4.69) is 0 Å². The second kappa shape index (κ2) is 7.84. The second-order valence-electron chi connectivity index (χ2n) is 3.59. The van der Waals surface area contributed by atoms with Crippen LogP contribution >= 0.6 is 0 Å². The van der Waals surface area contributed by atoms with Gasteiger partial charge in [0.2, 0.25) is 0 Å². The van der Waals surface area contributed by atoms with Crippen LogP contribution in [0, 0.1) is 0 Å². The lowest BCUT2D eigenvalue weighted by atomic mass is 10.1. The molecule has 1 aromatic carbocycles. The summed E-state index contributed by atoms with van der Waals surface area (Å²) in [6, 6.07) is 7.08. The molecule has 0 atom stereocenters. The summed E-state index contributed by atoms with van der Waals surface area (Å²) in [5, 5.41) is 0. The van der Waals surface area contributed by atoms with Crippen LogP contribution in [-0.4, -0.2) is 25.8 Å². The van der Waals surface area contributed by atoms with Crippen LogP contribution in [0.3, 0.4) is 0 Å². The molecule has 0 amide bonds. The summed E-state index contributed by atoms with van der Waals surface area (Å²) in [6.45, 7) is 7.14. The highest BCUT2D eigenvalue weighted by molar-refractivity contribution is 5.89. The van der Waals surface area contributed by atoms with Crippen molar-refractivity contribution in [3.05, 3.63) is 35.4 Å². The number of hydrogen-bond donors (Lipinski definition) is 0. The Labute approximate surface area is 108 Å². The summed E-state index contributed by atoms with van der Waals surface area (Å²) >= 11 is 0. The molecule has 4 heteroatoms. The Morgan fingerprint density at radius 2 is 1.56 bits per heavy atom. The average Bonchev–Trinajstić information content (AvgIpc) is 2.39. The predicted octanol–water partition coefficient (Wildman–Crippen LogP) is 2.93. The molecule has 0 aliphatic carbocycles. The first kappa shape index (κ1) is 14.7. The first-order valence-electron chi connectivity index (χ1n) is 6.23. The number of esters is 1. The van der Waals surface area contributed by atoms with Crippen molar-refractivity contribution in [2.24, 2.45) is 0 Å². The molecule has 0 saturated heterocycles. The third-order valence-electron chi connectivity index (χ3n) is 2.33. The van der Waals surface area contributed by atoms with Crippen molar-refractivity contribution in [1.82, 2.24) is 0 Å². The Bertz CT molecular complexity index is 353. The fourth-order valence-electron chi connectivity index (χ4n) is 1.53. The van der Waals surface area contributed by atoms with Gasteiger partial charge in [-0.1, -0.05) is 12.1 Å². The number of carbonyl (C=O) groups is 1. The van der Waals surface area contributed by atoms with Gasteiger partial charge in [0.15, 0.2) is 6.29 Å². The molecule has 0 aliphatic rings. The van der Waals surface area contributed by atoms with E-state index < -0.39 is 0 Å². The van der Waals surface area contributed by atoms with Gasteiger partial charge in [0, 0.05) is 18.8 Å². The van der Waals surface area contributed by atoms with E-state index in [0.29, 0.717) is 25.4 Å². The van der Waals surface area contributed by atoms with Crippen molar-refractivity contribution in [3.8, 4) is 0 Å². The zero-order valence-corrected chi connectivity index (χ0v) is 11.1. The van der Waals surface area contributed by atoms with Crippen molar-refractivity contribution in [2.75, 3.05) is 19.8 Å². The molecule has 0 spiro atoms. The van der Waals surface area contributed by atoms with Gasteiger partial charge in [0.25, 0.3) is 0 Å². The lowest BCUT2D eigenvalue weighted by Gasteiger charge is -2.17. The SMILES string of the molecule is CCOC(=O)c1ccc(C(OCC)OCC)cc1. The van der Waals surface area contributed by atoms with Gasteiger partial charge in [0.1, 0.15) is 0 Å². The van der Waals surface area contributed by atoms with Gasteiger partial charge in [-0.2, -0.15) is 0 Å². The molecular formula is C14H20O4. The zero-order valence-electron chi connectivity index (χ0n) is 11.1. The number of ether oxygens (including phenoxy) is 3. The first-order chi connectivity index (χ1) is 8.72. The van der Waals surface area contributed by atoms with Gasteiger partial charge in [-0.05, 0) is 32.9 Å². The van der Waals surface area contributed by atoms with Crippen LogP contribution in [-0.2, 0) is 14.2 Å². The molecule has 1 aromatic rings. The van der Waals surface area contributed by atoms with Crippen molar-refractivity contribution in [2.45, 2.75) is 27.1 Å². The second-order valence-corrected chi connectivity index (χ2v) is 3.59. The summed E-state index contributed by atoms with van der Waals surface area (Å²) < 4.78 is 15.9. The molecule has 0 heterocycles. The summed E-state index contributed by atoms with van der Waals surface area (Å²) in [4.78, 5) is 11.5. The molecule has 0 bridgehead atoms. The molecule has 4 nitrogen and oxygen atoms in total. The monoisotopic (exact) mass is 252 g/mol. The van der Waals surface area contributed by atoms with Crippen LogP contribution in [0.2, 0.25) is 0 Å². The third-order valence-corrected chi connectivity index (χ3v) is 2.33. The molecule has 0 unspecified atom stereocenters. The first-order valence-corrected chi connectivity index (χ1v) is 6.23. The molecule has 0 fully saturated rings. The standard InChI is InChI=1S/C14H20O4/c1-4-16-13(15)11-7-9-12(10-8-11)14(17-5-2)18-6-3/h7-10,14H,4-6H2,1-3H3. The Morgan fingerprint density at radius 3 is 2.00 bits per heavy atom. The summed E-state index contributed by atoms with van der Waals surface area (Å²) in [7, 11) is 0. The number of rotatable bonds is 7. The van der Waals surface area contributed by atoms with Gasteiger partial charge < -0.3 is 14.2 Å². The van der Waals surface area contributed by atoms with E-state index in [0.717, 1.165) is 5.56 Å². The highest BCUT2D eigenvalue weighted by Crippen LogP contribution is 2.19. The molecular weight excluding hydrogens is 232 g/mol. The topological polar surface area (TPSA) is 44.8 Å². The predicted molar refractivity (Wildman–Crippen MR) is 68.4 cm³/mol. The van der Waals surface area contributed by atoms with Crippen molar-refractivity contribution < 1.29 is 19.0 Å². The van der Waals surface area contributed by atoms with Gasteiger partial charge in [0.05, 0.1) is 12.2 Å². The maximum absolute atomic E-state index is 11.5. The summed E-state index contributed by atoms with van der Waals surface area (Å²) in [6.07, 6.45) is -0.378. The molecule has 0 N–H and O–H groups in total. The lowest BCUT2D eigenvalue weighted by molar-refractivity contribution is -0.140. The summed E-state index contributed by atoms with van der Waals surface area (Å²) in [5.74, 6) is -0.312. The smallest absolute Gasteiger partial charge is 0.338 e. The normalized spacial score (nSPS) is 10.7. The van der Waals surface area contributed by atoms with Gasteiger partial charge in [-0.15, -0.1) is 0 Å². The van der Waals surface area contributed by atoms with Crippen LogP contribution in [0.25, 0.3) is 0 Å². The van der Waals surface area contributed by atoms with E-state index in [1.807, 2.05) is 26.0 Å². The zero-order chi connectivity index (χ0) is 13.4. The number of hydrogen-bond acceptors (Lipinski definition) is 4. The van der Waals surface area contributed by atoms with E-state index in [9.17, 15) is 4.79 Å². The summed E-state index contributed by atoms with van der Waals surface area (Å²) in [5.41, 5.74) is 1.43. The van der Waals surface area contributed by atoms with Gasteiger partial charge in [-0.25, -0.2) is 4.79 Å². The highest BCUT2D eigenvalue weighted by atomic mass is 16.7. The fraction of sp³-hybridized carbons (Fsp3) is 0.500. The van der Waals surface area contributed by atoms with Gasteiger partial charge >= 0.3 is 5.97 Å². The van der Waals surface area contributed by atoms with Crippen molar-refractivity contribution in [3.63, 3.8) is 0 Å². The molecule has 1 rings (SSSR count). The quantitative estimate of drug-likeness (QED) is 0.553. The highest BCUT2D eigenvalue weighted by Gasteiger charge is 2.12. The van der Waals surface area contributed by atoms with E-state index in [1.54, 1.807) is 19.1 Å². The molecule has 0 radical (unpaired) electrons. The average molecular weight is 252 g/mol. The Kier molecular flexibility index (Phi) is 6.39. The number of carbonyl (C=O) groups excluding carboxylic acids is 1. The molecule has 100 valence electrons. The van der Waals surface area contributed by atoms with E-state index in [1.165, 1.54) is 0 Å². The Morgan fingerprint density at radius 1 is 1.00 bits per heavy atom. The van der Waals surface area contributed by atoms with Crippen molar-refractivity contribution in [1.29, 1.82) is 0 Å². The van der Waals surface area contributed by atoms with Crippen LogP contribution in [0.15, 0.2) is 24.3 Å². The van der Waals surface area contributed by atoms with Crippen LogP contribution in [0.1, 0.15) is 43.0 Å². The van der Waals surface area contributed by atoms with Crippen LogP contribution in [0.4, 0.5) is 0 Å². The maximum atomic E-state index is 11.5. The number of benzene rings is 1. The Hall–Kier alpha value is -1.39. The minimum atomic E-state index is -0.378. The van der Waals surface area contributed by atoms with Crippen molar-refractivity contribution >= 4 is 5.97 Å². The van der Waals surface area contributed by atoms with Crippen LogP contribution < -0.4 is 0 Å². The third kappa shape index (κ3) is 4.13. The minimum Gasteiger partial charge on any atom is -0.462 e. The largest absolute Gasteiger partial charge is 0.462 e. The van der Waals surface area contributed by atoms with Crippen LogP contribution in [0.5, 0.6) is 0 Å². The molecule has 18 heavy (non-hydrogen) atoms. The Balaban J connectivity index is 2.76. The van der Waals surface area contributed by atoms with Gasteiger partial charge in [-0.3, -0.25) is 0 Å². The van der Waals surface area contributed by atoms with E-state index >= 15 is 0 Å². The minimum absolute atomic E-state index is 0.312.